The molecule has 2 aliphatic rings. The second kappa shape index (κ2) is 4.88. The molecule has 0 radical (unpaired) electrons. The molecule has 1 saturated carbocycles. The summed E-state index contributed by atoms with van der Waals surface area (Å²) in [6.07, 6.45) is 2.71. The zero-order chi connectivity index (χ0) is 13.5. The van der Waals surface area contributed by atoms with E-state index >= 15 is 0 Å². The Labute approximate surface area is 115 Å². The van der Waals surface area contributed by atoms with Crippen LogP contribution in [0.4, 0.5) is 4.39 Å². The zero-order valence-electron chi connectivity index (χ0n) is 11.8. The van der Waals surface area contributed by atoms with Gasteiger partial charge in [-0.05, 0) is 50.3 Å². The first-order valence-electron chi connectivity index (χ1n) is 7.27. The number of hydrogen-bond donors (Lipinski definition) is 1. The van der Waals surface area contributed by atoms with Gasteiger partial charge in [0.2, 0.25) is 0 Å². The van der Waals surface area contributed by atoms with E-state index in [0.717, 1.165) is 31.1 Å². The third-order valence-electron chi connectivity index (χ3n) is 4.30. The molecule has 3 rings (SSSR count). The molecule has 0 bridgehead atoms. The number of piperazine rings is 1. The van der Waals surface area contributed by atoms with E-state index in [1.54, 1.807) is 6.07 Å². The Morgan fingerprint density at radius 1 is 1.37 bits per heavy atom. The molecule has 1 saturated heterocycles. The van der Waals surface area contributed by atoms with Crippen molar-refractivity contribution in [1.82, 2.24) is 10.2 Å². The first kappa shape index (κ1) is 13.1. The lowest BCUT2D eigenvalue weighted by Crippen LogP contribution is -2.61. The van der Waals surface area contributed by atoms with E-state index in [9.17, 15) is 4.39 Å². The summed E-state index contributed by atoms with van der Waals surface area (Å²) in [5.41, 5.74) is 1.24. The molecular formula is C16H23FN2. The number of nitrogens with one attached hydrogen (secondary N) is 1. The standard InChI is InChI=1S/C16H23FN2/c1-16(2)11-19(15(9-18-16)13-6-7-13)10-12-4-3-5-14(17)8-12/h3-5,8,13,15,18H,6-7,9-11H2,1-2H3. The first-order valence-corrected chi connectivity index (χ1v) is 7.27. The maximum absolute atomic E-state index is 13.3. The Bertz CT molecular complexity index is 454. The van der Waals surface area contributed by atoms with Gasteiger partial charge in [-0.15, -0.1) is 0 Å². The van der Waals surface area contributed by atoms with Crippen molar-refractivity contribution >= 4 is 0 Å². The quantitative estimate of drug-likeness (QED) is 0.901. The normalized spacial score (nSPS) is 27.4. The minimum Gasteiger partial charge on any atom is -0.309 e. The van der Waals surface area contributed by atoms with Crippen molar-refractivity contribution < 1.29 is 4.39 Å². The van der Waals surface area contributed by atoms with E-state index in [1.807, 2.05) is 12.1 Å². The molecule has 1 aliphatic heterocycles. The van der Waals surface area contributed by atoms with Gasteiger partial charge < -0.3 is 5.32 Å². The van der Waals surface area contributed by atoms with Gasteiger partial charge in [0.1, 0.15) is 5.82 Å². The average molecular weight is 262 g/mol. The van der Waals surface area contributed by atoms with Gasteiger partial charge in [-0.3, -0.25) is 4.90 Å². The van der Waals surface area contributed by atoms with Crippen LogP contribution in [0, 0.1) is 11.7 Å². The highest BCUT2D eigenvalue weighted by Gasteiger charge is 2.40. The predicted molar refractivity (Wildman–Crippen MR) is 75.4 cm³/mol. The molecule has 1 aliphatic carbocycles. The van der Waals surface area contributed by atoms with Crippen molar-refractivity contribution in [1.29, 1.82) is 0 Å². The second-order valence-electron chi connectivity index (χ2n) is 6.70. The Morgan fingerprint density at radius 3 is 2.84 bits per heavy atom. The van der Waals surface area contributed by atoms with Crippen LogP contribution in [0.5, 0.6) is 0 Å². The number of nitrogens with zero attached hydrogens (tertiary/aromatic N) is 1. The van der Waals surface area contributed by atoms with Gasteiger partial charge in [-0.1, -0.05) is 12.1 Å². The molecule has 1 N–H and O–H groups in total. The lowest BCUT2D eigenvalue weighted by atomic mass is 9.96. The summed E-state index contributed by atoms with van der Waals surface area (Å²) < 4.78 is 13.3. The van der Waals surface area contributed by atoms with Crippen LogP contribution in [0.3, 0.4) is 0 Å². The fourth-order valence-electron chi connectivity index (χ4n) is 3.18. The maximum atomic E-state index is 13.3. The molecule has 1 unspecified atom stereocenters. The second-order valence-corrected chi connectivity index (χ2v) is 6.70. The van der Waals surface area contributed by atoms with Gasteiger partial charge in [-0.25, -0.2) is 4.39 Å². The molecule has 1 heterocycles. The Balaban J connectivity index is 1.75. The van der Waals surface area contributed by atoms with E-state index in [-0.39, 0.29) is 11.4 Å². The molecule has 19 heavy (non-hydrogen) atoms. The fourth-order valence-corrected chi connectivity index (χ4v) is 3.18. The Kier molecular flexibility index (Phi) is 3.35. The van der Waals surface area contributed by atoms with E-state index in [4.69, 9.17) is 0 Å². The molecule has 104 valence electrons. The molecular weight excluding hydrogens is 239 g/mol. The van der Waals surface area contributed by atoms with Gasteiger partial charge in [0.05, 0.1) is 0 Å². The highest BCUT2D eigenvalue weighted by molar-refractivity contribution is 5.17. The van der Waals surface area contributed by atoms with Gasteiger partial charge in [0.25, 0.3) is 0 Å². The van der Waals surface area contributed by atoms with E-state index in [0.29, 0.717) is 6.04 Å². The van der Waals surface area contributed by atoms with Crippen molar-refractivity contribution in [2.24, 2.45) is 5.92 Å². The minimum atomic E-state index is -0.130. The lowest BCUT2D eigenvalue weighted by molar-refractivity contribution is 0.0759. The van der Waals surface area contributed by atoms with Crippen LogP contribution in [-0.2, 0) is 6.54 Å². The van der Waals surface area contributed by atoms with E-state index in [1.165, 1.54) is 18.9 Å². The molecule has 0 amide bonds. The predicted octanol–water partition coefficient (Wildman–Crippen LogP) is 2.79. The largest absolute Gasteiger partial charge is 0.309 e. The van der Waals surface area contributed by atoms with Crippen LogP contribution in [-0.4, -0.2) is 29.6 Å². The minimum absolute atomic E-state index is 0.130. The van der Waals surface area contributed by atoms with Crippen LogP contribution >= 0.6 is 0 Å². The van der Waals surface area contributed by atoms with E-state index < -0.39 is 0 Å². The summed E-state index contributed by atoms with van der Waals surface area (Å²) in [5.74, 6) is 0.715. The van der Waals surface area contributed by atoms with Crippen molar-refractivity contribution in [3.63, 3.8) is 0 Å². The summed E-state index contributed by atoms with van der Waals surface area (Å²) in [5, 5.41) is 3.64. The Hall–Kier alpha value is -0.930. The summed E-state index contributed by atoms with van der Waals surface area (Å²) in [6, 6.07) is 7.64. The number of benzene rings is 1. The van der Waals surface area contributed by atoms with Crippen LogP contribution in [0.2, 0.25) is 0 Å². The van der Waals surface area contributed by atoms with Gasteiger partial charge in [0, 0.05) is 31.2 Å². The summed E-state index contributed by atoms with van der Waals surface area (Å²) in [4.78, 5) is 2.54. The Morgan fingerprint density at radius 2 is 2.16 bits per heavy atom. The van der Waals surface area contributed by atoms with E-state index in [2.05, 4.69) is 24.1 Å². The fraction of sp³-hybridized carbons (Fsp3) is 0.625. The van der Waals surface area contributed by atoms with Gasteiger partial charge in [-0.2, -0.15) is 0 Å². The van der Waals surface area contributed by atoms with Crippen molar-refractivity contribution in [2.75, 3.05) is 13.1 Å². The lowest BCUT2D eigenvalue weighted by Gasteiger charge is -2.45. The van der Waals surface area contributed by atoms with Gasteiger partial charge in [0.15, 0.2) is 0 Å². The molecule has 2 fully saturated rings. The molecule has 3 heteroatoms. The SMILES string of the molecule is CC1(C)CN(Cc2cccc(F)c2)C(C2CC2)CN1. The highest BCUT2D eigenvalue weighted by atomic mass is 19.1. The smallest absolute Gasteiger partial charge is 0.123 e. The third kappa shape index (κ3) is 3.15. The van der Waals surface area contributed by atoms with Crippen molar-refractivity contribution in [3.8, 4) is 0 Å². The topological polar surface area (TPSA) is 15.3 Å². The van der Waals surface area contributed by atoms with Crippen molar-refractivity contribution in [3.05, 3.63) is 35.6 Å². The maximum Gasteiger partial charge on any atom is 0.123 e. The van der Waals surface area contributed by atoms with Crippen LogP contribution in [0.25, 0.3) is 0 Å². The van der Waals surface area contributed by atoms with Crippen LogP contribution < -0.4 is 5.32 Å². The summed E-state index contributed by atoms with van der Waals surface area (Å²) >= 11 is 0. The zero-order valence-corrected chi connectivity index (χ0v) is 11.8. The van der Waals surface area contributed by atoms with Crippen LogP contribution in [0.15, 0.2) is 24.3 Å². The first-order chi connectivity index (χ1) is 9.03. The number of hydrogen-bond acceptors (Lipinski definition) is 2. The molecule has 0 spiro atoms. The molecule has 1 aromatic carbocycles. The monoisotopic (exact) mass is 262 g/mol. The molecule has 1 atom stereocenters. The molecule has 2 nitrogen and oxygen atoms in total. The summed E-state index contributed by atoms with van der Waals surface area (Å²) in [6.45, 7) is 7.45. The molecule has 1 aromatic rings. The highest BCUT2D eigenvalue weighted by Crippen LogP contribution is 2.37. The van der Waals surface area contributed by atoms with Gasteiger partial charge >= 0.3 is 0 Å². The number of halogens is 1. The molecule has 0 aromatic heterocycles. The average Bonchev–Trinajstić information content (AvgIpc) is 3.12. The van der Waals surface area contributed by atoms with Crippen LogP contribution in [0.1, 0.15) is 32.3 Å². The third-order valence-corrected chi connectivity index (χ3v) is 4.30. The van der Waals surface area contributed by atoms with Crippen molar-refractivity contribution in [2.45, 2.75) is 44.8 Å². The summed E-state index contributed by atoms with van der Waals surface area (Å²) in [7, 11) is 0. The number of rotatable bonds is 3.